The van der Waals surface area contributed by atoms with E-state index in [9.17, 15) is 8.42 Å². The van der Waals surface area contributed by atoms with Gasteiger partial charge < -0.3 is 5.32 Å². The van der Waals surface area contributed by atoms with Gasteiger partial charge in [-0.05, 0) is 32.6 Å². The molecule has 1 aliphatic carbocycles. The molecule has 2 unspecified atom stereocenters. The van der Waals surface area contributed by atoms with E-state index < -0.39 is 14.6 Å². The summed E-state index contributed by atoms with van der Waals surface area (Å²) in [4.78, 5) is 4.53. The highest BCUT2D eigenvalue weighted by molar-refractivity contribution is 8.14. The van der Waals surface area contributed by atoms with Crippen LogP contribution in [0.15, 0.2) is 4.99 Å². The van der Waals surface area contributed by atoms with Crippen LogP contribution >= 0.6 is 11.8 Å². The van der Waals surface area contributed by atoms with Crippen LogP contribution in [0.5, 0.6) is 0 Å². The first kappa shape index (κ1) is 16.1. The smallest absolute Gasteiger partial charge is 0.157 e. The zero-order valence-corrected chi connectivity index (χ0v) is 14.5. The van der Waals surface area contributed by atoms with Crippen LogP contribution < -0.4 is 5.32 Å². The lowest BCUT2D eigenvalue weighted by Crippen LogP contribution is -2.47. The van der Waals surface area contributed by atoms with Crippen molar-refractivity contribution in [2.45, 2.75) is 56.7 Å². The molecule has 0 aromatic rings. The molecule has 0 amide bonds. The molecule has 2 rings (SSSR count). The molecule has 4 nitrogen and oxygen atoms in total. The number of nitrogens with zero attached hydrogens (tertiary/aromatic N) is 1. The van der Waals surface area contributed by atoms with Gasteiger partial charge in [-0.3, -0.25) is 4.99 Å². The third kappa shape index (κ3) is 3.50. The van der Waals surface area contributed by atoms with Crippen molar-refractivity contribution in [1.29, 1.82) is 0 Å². The number of nitrogens with one attached hydrogen (secondary N) is 1. The van der Waals surface area contributed by atoms with Crippen LogP contribution in [0.2, 0.25) is 0 Å². The Morgan fingerprint density at radius 2 is 2.20 bits per heavy atom. The number of hydrogen-bond acceptors (Lipinski definition) is 4. The Kier molecular flexibility index (Phi) is 4.46. The van der Waals surface area contributed by atoms with Crippen molar-refractivity contribution in [2.75, 3.05) is 18.6 Å². The van der Waals surface area contributed by atoms with E-state index in [1.807, 2.05) is 0 Å². The van der Waals surface area contributed by atoms with Gasteiger partial charge in [-0.15, -0.1) is 0 Å². The lowest BCUT2D eigenvalue weighted by molar-refractivity contribution is 0.242. The number of amidine groups is 1. The fourth-order valence-corrected chi connectivity index (χ4v) is 4.37. The lowest BCUT2D eigenvalue weighted by atomic mass is 9.78. The topological polar surface area (TPSA) is 58.5 Å². The fourth-order valence-electron chi connectivity index (χ4n) is 2.87. The van der Waals surface area contributed by atoms with Crippen LogP contribution in [0.25, 0.3) is 0 Å². The van der Waals surface area contributed by atoms with Gasteiger partial charge in [0.25, 0.3) is 0 Å². The van der Waals surface area contributed by atoms with Gasteiger partial charge in [0.1, 0.15) is 0 Å². The maximum absolute atomic E-state index is 11.7. The highest BCUT2D eigenvalue weighted by Crippen LogP contribution is 2.38. The Morgan fingerprint density at radius 1 is 1.50 bits per heavy atom. The van der Waals surface area contributed by atoms with Gasteiger partial charge in [0, 0.05) is 17.5 Å². The molecule has 1 heterocycles. The van der Waals surface area contributed by atoms with Crippen LogP contribution in [0.1, 0.15) is 46.5 Å². The SMILES string of the molecule is CC1CCCC2(CSC(=NCC(C)(C)S(C)(=O)=O)N2)C1. The molecule has 116 valence electrons. The first-order valence-corrected chi connectivity index (χ1v) is 10.2. The average Bonchev–Trinajstić information content (AvgIpc) is 2.68. The van der Waals surface area contributed by atoms with Gasteiger partial charge in [-0.2, -0.15) is 0 Å². The minimum Gasteiger partial charge on any atom is -0.359 e. The summed E-state index contributed by atoms with van der Waals surface area (Å²) in [6.45, 7) is 6.12. The van der Waals surface area contributed by atoms with Gasteiger partial charge in [-0.1, -0.05) is 31.5 Å². The van der Waals surface area contributed by atoms with E-state index >= 15 is 0 Å². The third-order valence-corrected chi connectivity index (χ3v) is 7.89. The molecule has 0 bridgehead atoms. The number of sulfone groups is 1. The van der Waals surface area contributed by atoms with Crippen molar-refractivity contribution in [1.82, 2.24) is 5.32 Å². The second-order valence-corrected chi connectivity index (χ2v) is 10.7. The van der Waals surface area contributed by atoms with E-state index in [1.165, 1.54) is 31.9 Å². The maximum atomic E-state index is 11.7. The molecule has 1 aliphatic heterocycles. The van der Waals surface area contributed by atoms with Crippen LogP contribution in [-0.4, -0.2) is 42.4 Å². The summed E-state index contributed by atoms with van der Waals surface area (Å²) < 4.78 is 22.6. The molecule has 2 fully saturated rings. The Morgan fingerprint density at radius 3 is 2.80 bits per heavy atom. The second-order valence-electron chi connectivity index (χ2n) is 7.05. The molecule has 1 N–H and O–H groups in total. The molecule has 0 aromatic carbocycles. The van der Waals surface area contributed by atoms with Gasteiger partial charge in [0.2, 0.25) is 0 Å². The fraction of sp³-hybridized carbons (Fsp3) is 0.929. The molecule has 1 saturated carbocycles. The maximum Gasteiger partial charge on any atom is 0.157 e. The summed E-state index contributed by atoms with van der Waals surface area (Å²) >= 11 is 1.75. The largest absolute Gasteiger partial charge is 0.359 e. The molecule has 0 aromatic heterocycles. The van der Waals surface area contributed by atoms with E-state index in [1.54, 1.807) is 25.6 Å². The summed E-state index contributed by atoms with van der Waals surface area (Å²) in [5, 5.41) is 4.51. The number of aliphatic imine (C=N–C) groups is 1. The van der Waals surface area contributed by atoms with Crippen LogP contribution in [0.3, 0.4) is 0 Å². The molecule has 2 aliphatic rings. The van der Waals surface area contributed by atoms with Crippen molar-refractivity contribution < 1.29 is 8.42 Å². The molecule has 20 heavy (non-hydrogen) atoms. The highest BCUT2D eigenvalue weighted by Gasteiger charge is 2.40. The predicted octanol–water partition coefficient (Wildman–Crippen LogP) is 2.45. The number of rotatable bonds is 3. The molecule has 6 heteroatoms. The minimum absolute atomic E-state index is 0.205. The third-order valence-electron chi connectivity index (χ3n) is 4.56. The summed E-state index contributed by atoms with van der Waals surface area (Å²) in [6, 6.07) is 0. The molecular weight excluding hydrogens is 292 g/mol. The first-order valence-electron chi connectivity index (χ1n) is 7.29. The summed E-state index contributed by atoms with van der Waals surface area (Å²) in [5.74, 6) is 1.83. The Bertz CT molecular complexity index is 499. The van der Waals surface area contributed by atoms with Crippen LogP contribution in [0.4, 0.5) is 0 Å². The monoisotopic (exact) mass is 318 g/mol. The van der Waals surface area contributed by atoms with Gasteiger partial charge in [0.15, 0.2) is 15.0 Å². The lowest BCUT2D eigenvalue weighted by Gasteiger charge is -2.36. The van der Waals surface area contributed by atoms with Crippen molar-refractivity contribution in [3.8, 4) is 0 Å². The second kappa shape index (κ2) is 5.52. The van der Waals surface area contributed by atoms with Crippen LogP contribution in [-0.2, 0) is 9.84 Å². The first-order chi connectivity index (χ1) is 9.14. The Labute approximate surface area is 127 Å². The Hall–Kier alpha value is -0.230. The molecule has 0 radical (unpaired) electrons. The zero-order chi connectivity index (χ0) is 15.0. The quantitative estimate of drug-likeness (QED) is 0.868. The van der Waals surface area contributed by atoms with E-state index in [4.69, 9.17) is 0 Å². The van der Waals surface area contributed by atoms with E-state index in [2.05, 4.69) is 17.2 Å². The summed E-state index contributed by atoms with van der Waals surface area (Å²) in [5.41, 5.74) is 0.205. The summed E-state index contributed by atoms with van der Waals surface area (Å²) in [7, 11) is -3.08. The number of hydrogen-bond donors (Lipinski definition) is 1. The van der Waals surface area contributed by atoms with Gasteiger partial charge in [-0.25, -0.2) is 8.42 Å². The zero-order valence-electron chi connectivity index (χ0n) is 12.9. The molecule has 1 spiro atoms. The van der Waals surface area contributed by atoms with Gasteiger partial charge in [0.05, 0.1) is 11.3 Å². The molecule has 2 atom stereocenters. The summed E-state index contributed by atoms with van der Waals surface area (Å²) in [6.07, 6.45) is 6.29. The van der Waals surface area contributed by atoms with Gasteiger partial charge >= 0.3 is 0 Å². The van der Waals surface area contributed by atoms with Crippen molar-refractivity contribution in [3.63, 3.8) is 0 Å². The standard InChI is InChI=1S/C14H26N2O2S2/c1-11-6-5-7-14(8-11)10-19-12(16-14)15-9-13(2,3)20(4,17)18/h11H,5-10H2,1-4H3,(H,15,16). The van der Waals surface area contributed by atoms with Crippen molar-refractivity contribution in [3.05, 3.63) is 0 Å². The highest BCUT2D eigenvalue weighted by atomic mass is 32.2. The van der Waals surface area contributed by atoms with E-state index in [-0.39, 0.29) is 5.54 Å². The average molecular weight is 319 g/mol. The van der Waals surface area contributed by atoms with E-state index in [0.29, 0.717) is 6.54 Å². The minimum atomic E-state index is -3.08. The van der Waals surface area contributed by atoms with E-state index in [0.717, 1.165) is 16.8 Å². The van der Waals surface area contributed by atoms with Crippen molar-refractivity contribution in [2.24, 2.45) is 10.9 Å². The Balaban J connectivity index is 2.01. The normalized spacial score (nSPS) is 33.6. The number of thioether (sulfide) groups is 1. The molecule has 1 saturated heterocycles. The molecular formula is C14H26N2O2S2. The van der Waals surface area contributed by atoms with Crippen molar-refractivity contribution >= 4 is 26.8 Å². The predicted molar refractivity (Wildman–Crippen MR) is 87.2 cm³/mol. The van der Waals surface area contributed by atoms with Crippen LogP contribution in [0, 0.1) is 5.92 Å².